The molecule has 0 aliphatic rings. The molecule has 0 aliphatic carbocycles. The fourth-order valence-corrected chi connectivity index (χ4v) is 4.39. The van der Waals surface area contributed by atoms with Crippen LogP contribution in [-0.2, 0) is 0 Å². The van der Waals surface area contributed by atoms with E-state index in [1.807, 2.05) is 17.6 Å². The molecule has 0 N–H and O–H groups in total. The summed E-state index contributed by atoms with van der Waals surface area (Å²) in [4.78, 5) is 13.9. The highest BCUT2D eigenvalue weighted by Crippen LogP contribution is 2.35. The average molecular weight is 300 g/mol. The standard InChI is InChI=1S/C14H8N2S3/c1-3-10(17-5-1)12-7-9-8-15-13(16-14(9)19-12)11-4-2-6-18-11/h1-8H. The van der Waals surface area contributed by atoms with Gasteiger partial charge in [0, 0.05) is 21.3 Å². The van der Waals surface area contributed by atoms with E-state index in [4.69, 9.17) is 0 Å². The summed E-state index contributed by atoms with van der Waals surface area (Å²) < 4.78 is 0. The lowest BCUT2D eigenvalue weighted by Gasteiger charge is -1.94. The topological polar surface area (TPSA) is 25.8 Å². The van der Waals surface area contributed by atoms with Gasteiger partial charge >= 0.3 is 0 Å². The minimum atomic E-state index is 0.821. The Morgan fingerprint density at radius 1 is 0.895 bits per heavy atom. The van der Waals surface area contributed by atoms with Crippen molar-refractivity contribution in [2.24, 2.45) is 0 Å². The van der Waals surface area contributed by atoms with E-state index in [-0.39, 0.29) is 0 Å². The molecule has 0 amide bonds. The number of hydrogen-bond donors (Lipinski definition) is 0. The number of rotatable bonds is 2. The second-order valence-corrected chi connectivity index (χ2v) is 6.95. The molecule has 0 aromatic carbocycles. The predicted molar refractivity (Wildman–Crippen MR) is 84.0 cm³/mol. The van der Waals surface area contributed by atoms with Crippen molar-refractivity contribution in [3.63, 3.8) is 0 Å². The van der Waals surface area contributed by atoms with Gasteiger partial charge in [-0.2, -0.15) is 0 Å². The number of hydrogen-bond acceptors (Lipinski definition) is 5. The molecule has 5 heteroatoms. The van der Waals surface area contributed by atoms with Crippen LogP contribution in [-0.4, -0.2) is 9.97 Å². The quantitative estimate of drug-likeness (QED) is 0.512. The summed E-state index contributed by atoms with van der Waals surface area (Å²) >= 11 is 5.16. The first-order valence-electron chi connectivity index (χ1n) is 5.74. The van der Waals surface area contributed by atoms with Crippen LogP contribution in [0.25, 0.3) is 30.7 Å². The molecular formula is C14H8N2S3. The molecule has 4 aromatic heterocycles. The Labute approximate surface area is 122 Å². The molecule has 0 saturated heterocycles. The lowest BCUT2D eigenvalue weighted by Crippen LogP contribution is -1.83. The maximum atomic E-state index is 4.67. The fraction of sp³-hybridized carbons (Fsp3) is 0. The molecule has 4 rings (SSSR count). The van der Waals surface area contributed by atoms with E-state index in [9.17, 15) is 0 Å². The third-order valence-electron chi connectivity index (χ3n) is 2.78. The zero-order valence-electron chi connectivity index (χ0n) is 9.74. The summed E-state index contributed by atoms with van der Waals surface area (Å²) in [5.41, 5.74) is 0. The van der Waals surface area contributed by atoms with Crippen molar-refractivity contribution in [1.29, 1.82) is 0 Å². The van der Waals surface area contributed by atoms with Crippen LogP contribution in [0, 0.1) is 0 Å². The molecule has 0 bridgehead atoms. The largest absolute Gasteiger partial charge is 0.235 e. The molecule has 2 nitrogen and oxygen atoms in total. The van der Waals surface area contributed by atoms with E-state index in [0.29, 0.717) is 0 Å². The smallest absolute Gasteiger partial charge is 0.170 e. The highest BCUT2D eigenvalue weighted by Gasteiger charge is 2.09. The normalized spacial score (nSPS) is 11.2. The number of thiophene rings is 3. The molecule has 4 aromatic rings. The minimum absolute atomic E-state index is 0.821. The second-order valence-electron chi connectivity index (χ2n) is 4.02. The van der Waals surface area contributed by atoms with Crippen molar-refractivity contribution in [1.82, 2.24) is 9.97 Å². The lowest BCUT2D eigenvalue weighted by atomic mass is 10.3. The van der Waals surface area contributed by atoms with Crippen LogP contribution in [0.3, 0.4) is 0 Å². The molecule has 0 aliphatic heterocycles. The zero-order valence-corrected chi connectivity index (χ0v) is 12.2. The minimum Gasteiger partial charge on any atom is -0.235 e. The second kappa shape index (κ2) is 4.52. The van der Waals surface area contributed by atoms with Crippen molar-refractivity contribution < 1.29 is 0 Å². The van der Waals surface area contributed by atoms with Crippen molar-refractivity contribution in [2.75, 3.05) is 0 Å². The van der Waals surface area contributed by atoms with Crippen LogP contribution < -0.4 is 0 Å². The Balaban J connectivity index is 1.86. The van der Waals surface area contributed by atoms with Crippen molar-refractivity contribution in [2.45, 2.75) is 0 Å². The van der Waals surface area contributed by atoms with Gasteiger partial charge in [-0.1, -0.05) is 12.1 Å². The third kappa shape index (κ3) is 2.00. The number of nitrogens with zero attached hydrogens (tertiary/aromatic N) is 2. The van der Waals surface area contributed by atoms with Crippen molar-refractivity contribution in [3.05, 3.63) is 47.3 Å². The van der Waals surface area contributed by atoms with Gasteiger partial charge in [0.2, 0.25) is 0 Å². The van der Waals surface area contributed by atoms with Crippen LogP contribution in [0.2, 0.25) is 0 Å². The molecular weight excluding hydrogens is 292 g/mol. The van der Waals surface area contributed by atoms with Gasteiger partial charge in [-0.25, -0.2) is 9.97 Å². The summed E-state index contributed by atoms with van der Waals surface area (Å²) in [6.45, 7) is 0. The van der Waals surface area contributed by atoms with E-state index in [2.05, 4.69) is 39.6 Å². The summed E-state index contributed by atoms with van der Waals surface area (Å²) in [7, 11) is 0. The van der Waals surface area contributed by atoms with Crippen LogP contribution >= 0.6 is 34.0 Å². The van der Waals surface area contributed by atoms with E-state index in [1.165, 1.54) is 9.75 Å². The SMILES string of the molecule is c1csc(-c2ncc3cc(-c4cccs4)sc3n2)c1. The summed E-state index contributed by atoms with van der Waals surface area (Å²) in [6, 6.07) is 10.5. The van der Waals surface area contributed by atoms with Gasteiger partial charge in [-0.15, -0.1) is 34.0 Å². The molecule has 0 fully saturated rings. The van der Waals surface area contributed by atoms with E-state index in [1.54, 1.807) is 34.0 Å². The molecule has 0 unspecified atom stereocenters. The molecule has 4 heterocycles. The first-order valence-corrected chi connectivity index (χ1v) is 8.32. The van der Waals surface area contributed by atoms with Crippen molar-refractivity contribution in [3.8, 4) is 20.5 Å². The third-order valence-corrected chi connectivity index (χ3v) is 5.76. The highest BCUT2D eigenvalue weighted by molar-refractivity contribution is 7.25. The van der Waals surface area contributed by atoms with Crippen LogP contribution in [0.15, 0.2) is 47.3 Å². The van der Waals surface area contributed by atoms with Gasteiger partial charge in [0.05, 0.1) is 4.88 Å². The lowest BCUT2D eigenvalue weighted by molar-refractivity contribution is 1.25. The molecule has 0 radical (unpaired) electrons. The van der Waals surface area contributed by atoms with Gasteiger partial charge < -0.3 is 0 Å². The first kappa shape index (κ1) is 11.3. The first-order chi connectivity index (χ1) is 9.40. The Bertz CT molecular complexity index is 782. The molecule has 0 atom stereocenters. The van der Waals surface area contributed by atoms with Gasteiger partial charge in [0.15, 0.2) is 5.82 Å². The van der Waals surface area contributed by atoms with Crippen LogP contribution in [0.5, 0.6) is 0 Å². The van der Waals surface area contributed by atoms with E-state index < -0.39 is 0 Å². The Hall–Kier alpha value is -1.56. The zero-order chi connectivity index (χ0) is 12.7. The fourth-order valence-electron chi connectivity index (χ4n) is 1.90. The van der Waals surface area contributed by atoms with Crippen LogP contribution in [0.1, 0.15) is 0 Å². The number of fused-ring (bicyclic) bond motifs is 1. The molecule has 0 saturated carbocycles. The van der Waals surface area contributed by atoms with Gasteiger partial charge in [-0.3, -0.25) is 0 Å². The maximum absolute atomic E-state index is 4.67. The molecule has 0 spiro atoms. The molecule has 92 valence electrons. The summed E-state index contributed by atoms with van der Waals surface area (Å²) in [6.07, 6.45) is 1.92. The predicted octanol–water partition coefficient (Wildman–Crippen LogP) is 5.15. The van der Waals surface area contributed by atoms with Gasteiger partial charge in [0.1, 0.15) is 4.83 Å². The Morgan fingerprint density at radius 2 is 1.68 bits per heavy atom. The van der Waals surface area contributed by atoms with Crippen molar-refractivity contribution >= 4 is 44.2 Å². The number of aromatic nitrogens is 2. The van der Waals surface area contributed by atoms with E-state index in [0.717, 1.165) is 20.9 Å². The van der Waals surface area contributed by atoms with Crippen LogP contribution in [0.4, 0.5) is 0 Å². The highest BCUT2D eigenvalue weighted by atomic mass is 32.1. The molecule has 19 heavy (non-hydrogen) atoms. The Morgan fingerprint density at radius 3 is 2.42 bits per heavy atom. The average Bonchev–Trinajstić information content (AvgIpc) is 3.18. The van der Waals surface area contributed by atoms with E-state index >= 15 is 0 Å². The Kier molecular flexibility index (Phi) is 2.69. The van der Waals surface area contributed by atoms with Gasteiger partial charge in [-0.05, 0) is 29.0 Å². The van der Waals surface area contributed by atoms with Gasteiger partial charge in [0.25, 0.3) is 0 Å². The maximum Gasteiger partial charge on any atom is 0.170 e. The summed E-state index contributed by atoms with van der Waals surface area (Å²) in [5, 5.41) is 5.27. The monoisotopic (exact) mass is 300 g/mol. The summed E-state index contributed by atoms with van der Waals surface area (Å²) in [5.74, 6) is 0.821.